The molecule has 1 aromatic heterocycles. The van der Waals surface area contributed by atoms with Gasteiger partial charge in [0.1, 0.15) is 0 Å². The van der Waals surface area contributed by atoms with Crippen molar-refractivity contribution in [3.8, 4) is 0 Å². The third kappa shape index (κ3) is 2.32. The molecular weight excluding hydrogens is 248 g/mol. The van der Waals surface area contributed by atoms with E-state index in [0.717, 1.165) is 48.0 Å². The number of aliphatic hydroxyl groups excluding tert-OH is 1. The fraction of sp³-hybridized carbons (Fsp3) is 0.471. The Bertz CT molecular complexity index is 618. The van der Waals surface area contributed by atoms with E-state index in [0.29, 0.717) is 0 Å². The molecule has 3 rings (SSSR count). The van der Waals surface area contributed by atoms with Crippen LogP contribution in [0.3, 0.4) is 0 Å². The lowest BCUT2D eigenvalue weighted by atomic mass is 9.97. The number of hydrogen-bond donors (Lipinski definition) is 2. The predicted molar refractivity (Wildman–Crippen MR) is 81.8 cm³/mol. The second kappa shape index (κ2) is 5.51. The lowest BCUT2D eigenvalue weighted by molar-refractivity contribution is 0.139. The first-order valence-electron chi connectivity index (χ1n) is 7.51. The molecule has 2 unspecified atom stereocenters. The number of nitrogens with one attached hydrogen (secondary N) is 1. The van der Waals surface area contributed by atoms with Crippen LogP contribution in [0.2, 0.25) is 0 Å². The van der Waals surface area contributed by atoms with Crippen LogP contribution in [0.15, 0.2) is 24.3 Å². The maximum atomic E-state index is 10.6. The van der Waals surface area contributed by atoms with E-state index in [1.54, 1.807) is 0 Å². The summed E-state index contributed by atoms with van der Waals surface area (Å²) >= 11 is 0. The van der Waals surface area contributed by atoms with Crippen LogP contribution < -0.4 is 5.32 Å². The Morgan fingerprint density at radius 2 is 2.30 bits per heavy atom. The Balaban J connectivity index is 2.09. The molecule has 1 aliphatic rings. The zero-order valence-electron chi connectivity index (χ0n) is 12.2. The molecule has 3 nitrogen and oxygen atoms in total. The minimum atomic E-state index is -0.471. The van der Waals surface area contributed by atoms with Crippen LogP contribution in [0.5, 0.6) is 0 Å². The second-order valence-corrected chi connectivity index (χ2v) is 5.67. The van der Waals surface area contributed by atoms with Crippen molar-refractivity contribution in [2.75, 3.05) is 6.54 Å². The lowest BCUT2D eigenvalue weighted by Crippen LogP contribution is -2.28. The summed E-state index contributed by atoms with van der Waals surface area (Å²) in [5.41, 5.74) is 4.26. The summed E-state index contributed by atoms with van der Waals surface area (Å²) in [6.07, 6.45) is 2.62. The standard InChI is InChI=1S/C17H22N2O/c1-3-14-11(2)10-12-6-4-7-13(16(12)19-14)17(20)15-8-5-9-18-15/h4,6-7,10,15,17-18,20H,3,5,8-9H2,1-2H3. The zero-order chi connectivity index (χ0) is 14.1. The third-order valence-electron chi connectivity index (χ3n) is 4.31. The van der Waals surface area contributed by atoms with Gasteiger partial charge < -0.3 is 10.4 Å². The SMILES string of the molecule is CCc1nc2c(C(O)C3CCCN3)cccc2cc1C. The summed E-state index contributed by atoms with van der Waals surface area (Å²) in [6.45, 7) is 5.23. The highest BCUT2D eigenvalue weighted by Crippen LogP contribution is 2.29. The van der Waals surface area contributed by atoms with Crippen molar-refractivity contribution in [2.45, 2.75) is 45.3 Å². The maximum Gasteiger partial charge on any atom is 0.0963 e. The number of nitrogens with zero attached hydrogens (tertiary/aromatic N) is 1. The molecule has 1 fully saturated rings. The maximum absolute atomic E-state index is 10.6. The molecule has 106 valence electrons. The number of aromatic nitrogens is 1. The van der Waals surface area contributed by atoms with E-state index in [1.807, 2.05) is 12.1 Å². The van der Waals surface area contributed by atoms with Gasteiger partial charge in [-0.05, 0) is 44.4 Å². The molecule has 1 aromatic carbocycles. The molecule has 2 atom stereocenters. The number of aliphatic hydroxyl groups is 1. The van der Waals surface area contributed by atoms with Crippen molar-refractivity contribution in [1.82, 2.24) is 10.3 Å². The minimum Gasteiger partial charge on any atom is -0.387 e. The summed E-state index contributed by atoms with van der Waals surface area (Å²) in [4.78, 5) is 4.80. The van der Waals surface area contributed by atoms with E-state index in [2.05, 4.69) is 31.3 Å². The Morgan fingerprint density at radius 1 is 1.45 bits per heavy atom. The van der Waals surface area contributed by atoms with Crippen molar-refractivity contribution in [1.29, 1.82) is 0 Å². The second-order valence-electron chi connectivity index (χ2n) is 5.67. The Kier molecular flexibility index (Phi) is 3.72. The van der Waals surface area contributed by atoms with Gasteiger partial charge in [0.05, 0.1) is 11.6 Å². The molecule has 3 heteroatoms. The molecule has 0 bridgehead atoms. The van der Waals surface area contributed by atoms with Gasteiger partial charge in [-0.25, -0.2) is 0 Å². The molecule has 0 aliphatic carbocycles. The summed E-state index contributed by atoms with van der Waals surface area (Å²) in [6, 6.07) is 8.44. The van der Waals surface area contributed by atoms with Crippen LogP contribution in [0, 0.1) is 6.92 Å². The van der Waals surface area contributed by atoms with Gasteiger partial charge in [0.15, 0.2) is 0 Å². The fourth-order valence-corrected chi connectivity index (χ4v) is 3.16. The largest absolute Gasteiger partial charge is 0.387 e. The number of hydrogen-bond acceptors (Lipinski definition) is 3. The highest BCUT2D eigenvalue weighted by molar-refractivity contribution is 5.83. The van der Waals surface area contributed by atoms with Crippen LogP contribution in [0.25, 0.3) is 10.9 Å². The van der Waals surface area contributed by atoms with E-state index in [9.17, 15) is 5.11 Å². The van der Waals surface area contributed by atoms with Crippen molar-refractivity contribution < 1.29 is 5.11 Å². The van der Waals surface area contributed by atoms with Gasteiger partial charge in [-0.1, -0.05) is 25.1 Å². The number of rotatable bonds is 3. The molecule has 1 saturated heterocycles. The van der Waals surface area contributed by atoms with Crippen molar-refractivity contribution >= 4 is 10.9 Å². The average Bonchev–Trinajstić information content (AvgIpc) is 2.99. The summed E-state index contributed by atoms with van der Waals surface area (Å²) in [7, 11) is 0. The van der Waals surface area contributed by atoms with Crippen LogP contribution in [0.1, 0.15) is 42.7 Å². The van der Waals surface area contributed by atoms with Gasteiger partial charge in [0.2, 0.25) is 0 Å². The Hall–Kier alpha value is -1.45. The van der Waals surface area contributed by atoms with Crippen LogP contribution in [-0.4, -0.2) is 22.7 Å². The molecule has 2 N–H and O–H groups in total. The molecule has 0 radical (unpaired) electrons. The van der Waals surface area contributed by atoms with Gasteiger partial charge in [0.25, 0.3) is 0 Å². The lowest BCUT2D eigenvalue weighted by Gasteiger charge is -2.20. The van der Waals surface area contributed by atoms with Crippen LogP contribution in [0.4, 0.5) is 0 Å². The van der Waals surface area contributed by atoms with Crippen molar-refractivity contribution in [2.24, 2.45) is 0 Å². The minimum absolute atomic E-state index is 0.161. The topological polar surface area (TPSA) is 45.2 Å². The fourth-order valence-electron chi connectivity index (χ4n) is 3.16. The van der Waals surface area contributed by atoms with Gasteiger partial charge >= 0.3 is 0 Å². The Morgan fingerprint density at radius 3 is 3.00 bits per heavy atom. The molecule has 2 aromatic rings. The number of para-hydroxylation sites is 1. The summed E-state index contributed by atoms with van der Waals surface area (Å²) < 4.78 is 0. The molecule has 0 amide bonds. The number of pyridine rings is 1. The number of aryl methyl sites for hydroxylation is 2. The average molecular weight is 270 g/mol. The molecule has 0 spiro atoms. The first-order chi connectivity index (χ1) is 9.70. The van der Waals surface area contributed by atoms with Gasteiger partial charge in [-0.3, -0.25) is 4.98 Å². The first-order valence-corrected chi connectivity index (χ1v) is 7.51. The zero-order valence-corrected chi connectivity index (χ0v) is 12.2. The smallest absolute Gasteiger partial charge is 0.0963 e. The highest BCUT2D eigenvalue weighted by atomic mass is 16.3. The van der Waals surface area contributed by atoms with E-state index in [4.69, 9.17) is 4.98 Å². The van der Waals surface area contributed by atoms with E-state index >= 15 is 0 Å². The van der Waals surface area contributed by atoms with Gasteiger partial charge in [-0.15, -0.1) is 0 Å². The third-order valence-corrected chi connectivity index (χ3v) is 4.31. The monoisotopic (exact) mass is 270 g/mol. The first kappa shape index (κ1) is 13.5. The van der Waals surface area contributed by atoms with E-state index in [-0.39, 0.29) is 6.04 Å². The molecule has 1 aliphatic heterocycles. The molecule has 20 heavy (non-hydrogen) atoms. The predicted octanol–water partition coefficient (Wildman–Crippen LogP) is 2.89. The highest BCUT2D eigenvalue weighted by Gasteiger charge is 2.25. The van der Waals surface area contributed by atoms with Crippen molar-refractivity contribution in [3.63, 3.8) is 0 Å². The normalized spacial score (nSPS) is 20.4. The molecule has 0 saturated carbocycles. The van der Waals surface area contributed by atoms with E-state index in [1.165, 1.54) is 5.56 Å². The quantitative estimate of drug-likeness (QED) is 0.901. The molecule has 2 heterocycles. The van der Waals surface area contributed by atoms with Crippen molar-refractivity contribution in [3.05, 3.63) is 41.1 Å². The summed E-state index contributed by atoms with van der Waals surface area (Å²) in [5.74, 6) is 0. The Labute approximate surface area is 120 Å². The van der Waals surface area contributed by atoms with Gasteiger partial charge in [-0.2, -0.15) is 0 Å². The van der Waals surface area contributed by atoms with Gasteiger partial charge in [0, 0.05) is 22.7 Å². The van der Waals surface area contributed by atoms with Crippen LogP contribution >= 0.6 is 0 Å². The van der Waals surface area contributed by atoms with Crippen LogP contribution in [-0.2, 0) is 6.42 Å². The number of fused-ring (bicyclic) bond motifs is 1. The summed E-state index contributed by atoms with van der Waals surface area (Å²) in [5, 5.41) is 15.2. The molecular formula is C17H22N2O. The number of benzene rings is 1. The van der Waals surface area contributed by atoms with E-state index < -0.39 is 6.10 Å².